The van der Waals surface area contributed by atoms with Gasteiger partial charge in [0.2, 0.25) is 0 Å². The van der Waals surface area contributed by atoms with Gasteiger partial charge >= 0.3 is 0 Å². The van der Waals surface area contributed by atoms with Crippen LogP contribution in [0.15, 0.2) is 0 Å². The summed E-state index contributed by atoms with van der Waals surface area (Å²) in [7, 11) is 0. The predicted molar refractivity (Wildman–Crippen MR) is 45.9 cm³/mol. The minimum atomic E-state index is -0.337. The Hall–Kier alpha value is -0.0400. The maximum absolute atomic E-state index is 11.5. The SMILES string of the molecule is CC1(C)CCC([O])C(C)(C)C1. The lowest BCUT2D eigenvalue weighted by Gasteiger charge is -2.43. The summed E-state index contributed by atoms with van der Waals surface area (Å²) in [5.74, 6) is 0. The normalized spacial score (nSPS) is 35.2. The van der Waals surface area contributed by atoms with Crippen molar-refractivity contribution >= 4 is 0 Å². The molecule has 1 aliphatic rings. The molecule has 1 saturated carbocycles. The van der Waals surface area contributed by atoms with Crippen LogP contribution in [-0.2, 0) is 5.11 Å². The van der Waals surface area contributed by atoms with Gasteiger partial charge in [0.05, 0.1) is 6.10 Å². The zero-order chi connectivity index (χ0) is 8.70. The summed E-state index contributed by atoms with van der Waals surface area (Å²) in [5.41, 5.74) is 0.409. The smallest absolute Gasteiger partial charge is 0.0981 e. The fourth-order valence-corrected chi connectivity index (χ4v) is 2.35. The summed E-state index contributed by atoms with van der Waals surface area (Å²) >= 11 is 0. The van der Waals surface area contributed by atoms with Crippen LogP contribution in [0.1, 0.15) is 47.0 Å². The highest BCUT2D eigenvalue weighted by Crippen LogP contribution is 2.45. The Morgan fingerprint density at radius 2 is 1.73 bits per heavy atom. The summed E-state index contributed by atoms with van der Waals surface area (Å²) in [5, 5.41) is 11.5. The second kappa shape index (κ2) is 2.48. The Morgan fingerprint density at radius 3 is 2.09 bits per heavy atom. The van der Waals surface area contributed by atoms with E-state index in [1.165, 1.54) is 0 Å². The van der Waals surface area contributed by atoms with Gasteiger partial charge in [-0.1, -0.05) is 27.7 Å². The summed E-state index contributed by atoms with van der Waals surface area (Å²) in [6.07, 6.45) is 2.70. The summed E-state index contributed by atoms with van der Waals surface area (Å²) in [6.45, 7) is 8.73. The highest BCUT2D eigenvalue weighted by molar-refractivity contribution is 4.90. The van der Waals surface area contributed by atoms with E-state index in [1.54, 1.807) is 0 Å². The first-order valence-electron chi connectivity index (χ1n) is 4.49. The van der Waals surface area contributed by atoms with Crippen LogP contribution in [0.4, 0.5) is 0 Å². The zero-order valence-electron chi connectivity index (χ0n) is 8.11. The van der Waals surface area contributed by atoms with Gasteiger partial charge in [-0.3, -0.25) is 0 Å². The molecule has 0 saturated heterocycles. The van der Waals surface area contributed by atoms with Crippen molar-refractivity contribution in [2.45, 2.75) is 53.1 Å². The average Bonchev–Trinajstić information content (AvgIpc) is 1.77. The van der Waals surface area contributed by atoms with E-state index in [0.29, 0.717) is 5.41 Å². The maximum Gasteiger partial charge on any atom is 0.0981 e. The molecule has 1 unspecified atom stereocenters. The Balaban J connectivity index is 2.67. The number of rotatable bonds is 0. The fourth-order valence-electron chi connectivity index (χ4n) is 2.35. The molecule has 0 aromatic rings. The van der Waals surface area contributed by atoms with Gasteiger partial charge < -0.3 is 0 Å². The third-order valence-corrected chi connectivity index (χ3v) is 2.89. The van der Waals surface area contributed by atoms with Crippen LogP contribution in [0.25, 0.3) is 0 Å². The maximum atomic E-state index is 11.5. The molecule has 0 N–H and O–H groups in total. The molecule has 1 radical (unpaired) electrons. The first-order valence-corrected chi connectivity index (χ1v) is 4.49. The lowest BCUT2D eigenvalue weighted by atomic mass is 9.64. The van der Waals surface area contributed by atoms with Crippen molar-refractivity contribution in [3.05, 3.63) is 0 Å². The molecule has 0 amide bonds. The van der Waals surface area contributed by atoms with E-state index in [2.05, 4.69) is 27.7 Å². The first-order chi connectivity index (χ1) is 4.83. The summed E-state index contributed by atoms with van der Waals surface area (Å²) in [6, 6.07) is 0. The van der Waals surface area contributed by atoms with Gasteiger partial charge in [0.25, 0.3) is 0 Å². The van der Waals surface area contributed by atoms with E-state index in [4.69, 9.17) is 0 Å². The van der Waals surface area contributed by atoms with Gasteiger partial charge in [-0.2, -0.15) is 0 Å². The van der Waals surface area contributed by atoms with E-state index < -0.39 is 0 Å². The molecule has 1 nitrogen and oxygen atoms in total. The van der Waals surface area contributed by atoms with Crippen LogP contribution in [0.3, 0.4) is 0 Å². The van der Waals surface area contributed by atoms with E-state index in [0.717, 1.165) is 19.3 Å². The minimum absolute atomic E-state index is 0.0156. The van der Waals surface area contributed by atoms with E-state index in [-0.39, 0.29) is 11.5 Å². The zero-order valence-corrected chi connectivity index (χ0v) is 8.11. The summed E-state index contributed by atoms with van der Waals surface area (Å²) < 4.78 is 0. The van der Waals surface area contributed by atoms with Crippen molar-refractivity contribution in [3.8, 4) is 0 Å². The van der Waals surface area contributed by atoms with E-state index >= 15 is 0 Å². The molecule has 1 aliphatic carbocycles. The lowest BCUT2D eigenvalue weighted by molar-refractivity contribution is -0.0715. The van der Waals surface area contributed by atoms with Gasteiger partial charge in [0.1, 0.15) is 0 Å². The fraction of sp³-hybridized carbons (Fsp3) is 1.00. The van der Waals surface area contributed by atoms with Crippen LogP contribution in [0.2, 0.25) is 0 Å². The first kappa shape index (κ1) is 9.05. The molecule has 0 aromatic carbocycles. The molecule has 1 heteroatoms. The predicted octanol–water partition coefficient (Wildman–Crippen LogP) is 3.02. The van der Waals surface area contributed by atoms with Gasteiger partial charge in [-0.25, -0.2) is 5.11 Å². The molecule has 1 rings (SSSR count). The van der Waals surface area contributed by atoms with Crippen molar-refractivity contribution in [1.29, 1.82) is 0 Å². The topological polar surface area (TPSA) is 19.9 Å². The van der Waals surface area contributed by atoms with Crippen LogP contribution in [0, 0.1) is 10.8 Å². The summed E-state index contributed by atoms with van der Waals surface area (Å²) in [4.78, 5) is 0. The Bertz CT molecular complexity index is 147. The van der Waals surface area contributed by atoms with E-state index in [1.807, 2.05) is 0 Å². The Labute approximate surface area is 69.8 Å². The molecule has 0 heterocycles. The van der Waals surface area contributed by atoms with Gasteiger partial charge in [-0.05, 0) is 30.1 Å². The van der Waals surface area contributed by atoms with Crippen LogP contribution >= 0.6 is 0 Å². The standard InChI is InChI=1S/C10H19O/c1-9(2)6-5-8(11)10(3,4)7-9/h8H,5-7H2,1-4H3. The monoisotopic (exact) mass is 155 g/mol. The van der Waals surface area contributed by atoms with Crippen LogP contribution < -0.4 is 0 Å². The average molecular weight is 155 g/mol. The second-order valence-corrected chi connectivity index (χ2v) is 5.36. The van der Waals surface area contributed by atoms with Gasteiger partial charge in [0.15, 0.2) is 0 Å². The molecule has 0 aliphatic heterocycles. The highest BCUT2D eigenvalue weighted by atomic mass is 16.3. The Kier molecular flexibility index (Phi) is 2.04. The third-order valence-electron chi connectivity index (χ3n) is 2.89. The van der Waals surface area contributed by atoms with Crippen molar-refractivity contribution < 1.29 is 5.11 Å². The highest BCUT2D eigenvalue weighted by Gasteiger charge is 2.40. The van der Waals surface area contributed by atoms with Crippen molar-refractivity contribution in [3.63, 3.8) is 0 Å². The molecular weight excluding hydrogens is 136 g/mol. The molecular formula is C10H19O. The van der Waals surface area contributed by atoms with Crippen molar-refractivity contribution in [2.24, 2.45) is 10.8 Å². The van der Waals surface area contributed by atoms with Gasteiger partial charge in [0, 0.05) is 0 Å². The third kappa shape index (κ3) is 1.96. The second-order valence-electron chi connectivity index (χ2n) is 5.36. The van der Waals surface area contributed by atoms with Gasteiger partial charge in [-0.15, -0.1) is 0 Å². The quantitative estimate of drug-likeness (QED) is 0.512. The lowest BCUT2D eigenvalue weighted by Crippen LogP contribution is -2.38. The van der Waals surface area contributed by atoms with Crippen molar-refractivity contribution in [1.82, 2.24) is 0 Å². The minimum Gasteiger partial charge on any atom is -0.233 e. The largest absolute Gasteiger partial charge is 0.233 e. The molecule has 0 spiro atoms. The Morgan fingerprint density at radius 1 is 1.18 bits per heavy atom. The molecule has 0 aromatic heterocycles. The number of hydrogen-bond donors (Lipinski definition) is 0. The number of hydrogen-bond acceptors (Lipinski definition) is 0. The molecule has 1 atom stereocenters. The molecule has 65 valence electrons. The van der Waals surface area contributed by atoms with Crippen LogP contribution in [0.5, 0.6) is 0 Å². The van der Waals surface area contributed by atoms with Crippen LogP contribution in [-0.4, -0.2) is 6.10 Å². The van der Waals surface area contributed by atoms with E-state index in [9.17, 15) is 5.11 Å². The van der Waals surface area contributed by atoms with Crippen molar-refractivity contribution in [2.75, 3.05) is 0 Å². The molecule has 0 bridgehead atoms. The molecule has 1 fully saturated rings. The molecule has 11 heavy (non-hydrogen) atoms.